The first-order valence-electron chi connectivity index (χ1n) is 4.83. The van der Waals surface area contributed by atoms with E-state index in [0.29, 0.717) is 17.6 Å². The lowest BCUT2D eigenvalue weighted by Crippen LogP contribution is -2.33. The molecule has 0 spiro atoms. The molecule has 3 heteroatoms. The largest absolute Gasteiger partial charge is 0.309 e. The van der Waals surface area contributed by atoms with Gasteiger partial charge in [-0.25, -0.2) is 0 Å². The Morgan fingerprint density at radius 1 is 1.46 bits per heavy atom. The van der Waals surface area contributed by atoms with E-state index in [-0.39, 0.29) is 0 Å². The van der Waals surface area contributed by atoms with Gasteiger partial charge in [0.2, 0.25) is 0 Å². The van der Waals surface area contributed by atoms with E-state index >= 15 is 0 Å². The maximum Gasteiger partial charge on any atom is 0.0432 e. The van der Waals surface area contributed by atoms with Crippen molar-refractivity contribution >= 4 is 23.2 Å². The maximum atomic E-state index is 5.79. The van der Waals surface area contributed by atoms with Crippen molar-refractivity contribution in [2.24, 2.45) is 11.8 Å². The van der Waals surface area contributed by atoms with Crippen molar-refractivity contribution in [2.45, 2.75) is 32.7 Å². The van der Waals surface area contributed by atoms with Crippen molar-refractivity contribution in [2.75, 3.05) is 6.54 Å². The zero-order chi connectivity index (χ0) is 9.84. The summed E-state index contributed by atoms with van der Waals surface area (Å²) in [6.45, 7) is 5.31. The molecule has 0 heterocycles. The van der Waals surface area contributed by atoms with Gasteiger partial charge in [0.15, 0.2) is 0 Å². The molecule has 1 aliphatic carbocycles. The highest BCUT2D eigenvalue weighted by atomic mass is 35.5. The molecule has 1 nitrogen and oxygen atoms in total. The smallest absolute Gasteiger partial charge is 0.0432 e. The Labute approximate surface area is 90.5 Å². The molecular formula is C10H17Cl2N. The van der Waals surface area contributed by atoms with Crippen LogP contribution >= 0.6 is 23.2 Å². The first-order valence-corrected chi connectivity index (χ1v) is 5.64. The molecule has 13 heavy (non-hydrogen) atoms. The van der Waals surface area contributed by atoms with Crippen LogP contribution in [0.1, 0.15) is 26.7 Å². The van der Waals surface area contributed by atoms with Gasteiger partial charge in [-0.1, -0.05) is 37.0 Å². The summed E-state index contributed by atoms with van der Waals surface area (Å²) in [4.78, 5) is 0. The molecule has 0 saturated heterocycles. The summed E-state index contributed by atoms with van der Waals surface area (Å²) in [6, 6.07) is 0.611. The van der Waals surface area contributed by atoms with Crippen molar-refractivity contribution in [1.29, 1.82) is 0 Å². The lowest BCUT2D eigenvalue weighted by atomic mass is 9.98. The summed E-state index contributed by atoms with van der Waals surface area (Å²) in [7, 11) is 0. The molecule has 0 aliphatic heterocycles. The predicted molar refractivity (Wildman–Crippen MR) is 59.1 cm³/mol. The Bertz CT molecular complexity index is 191. The topological polar surface area (TPSA) is 12.0 Å². The molecule has 0 aromatic carbocycles. The van der Waals surface area contributed by atoms with Gasteiger partial charge >= 0.3 is 0 Å². The summed E-state index contributed by atoms with van der Waals surface area (Å²) in [5, 5.41) is 4.12. The summed E-state index contributed by atoms with van der Waals surface area (Å²) in [5.41, 5.74) is 1.43. The summed E-state index contributed by atoms with van der Waals surface area (Å²) in [5.74, 6) is 1.58. The normalized spacial score (nSPS) is 35.4. The fourth-order valence-electron chi connectivity index (χ4n) is 1.92. The molecule has 0 aromatic heterocycles. The average molecular weight is 222 g/mol. The van der Waals surface area contributed by atoms with E-state index in [0.717, 1.165) is 11.8 Å². The van der Waals surface area contributed by atoms with Crippen LogP contribution in [0.25, 0.3) is 0 Å². The van der Waals surface area contributed by atoms with Crippen LogP contribution in [-0.4, -0.2) is 12.6 Å². The number of hydrogen-bond donors (Lipinski definition) is 1. The Kier molecular flexibility index (Phi) is 4.57. The third-order valence-electron chi connectivity index (χ3n) is 3.12. The highest BCUT2D eigenvalue weighted by Gasteiger charge is 2.28. The SMILES string of the molecule is CC1CCC(NCC(Cl)=CCl)C1C. The summed E-state index contributed by atoms with van der Waals surface area (Å²) in [6.07, 6.45) is 2.58. The minimum atomic E-state index is 0.611. The van der Waals surface area contributed by atoms with Crippen LogP contribution < -0.4 is 5.32 Å². The Morgan fingerprint density at radius 3 is 2.62 bits per heavy atom. The second-order valence-electron chi connectivity index (χ2n) is 3.96. The fourth-order valence-corrected chi connectivity index (χ4v) is 2.07. The monoisotopic (exact) mass is 221 g/mol. The predicted octanol–water partition coefficient (Wildman–Crippen LogP) is 3.33. The molecular weight excluding hydrogens is 205 g/mol. The molecule has 76 valence electrons. The van der Waals surface area contributed by atoms with Gasteiger partial charge < -0.3 is 5.32 Å². The van der Waals surface area contributed by atoms with Gasteiger partial charge in [-0.05, 0) is 24.7 Å². The van der Waals surface area contributed by atoms with E-state index in [1.165, 1.54) is 18.4 Å². The second kappa shape index (κ2) is 5.23. The zero-order valence-corrected chi connectivity index (χ0v) is 9.70. The molecule has 0 radical (unpaired) electrons. The van der Waals surface area contributed by atoms with E-state index in [2.05, 4.69) is 19.2 Å². The molecule has 1 rings (SSSR count). The Hall–Kier alpha value is 0.280. The summed E-state index contributed by atoms with van der Waals surface area (Å²) < 4.78 is 0. The lowest BCUT2D eigenvalue weighted by molar-refractivity contribution is 0.380. The lowest BCUT2D eigenvalue weighted by Gasteiger charge is -2.19. The highest BCUT2D eigenvalue weighted by molar-refractivity contribution is 6.36. The van der Waals surface area contributed by atoms with Crippen LogP contribution in [0.2, 0.25) is 0 Å². The molecule has 1 fully saturated rings. The van der Waals surface area contributed by atoms with Gasteiger partial charge in [0.1, 0.15) is 0 Å². The highest BCUT2D eigenvalue weighted by Crippen LogP contribution is 2.31. The van der Waals surface area contributed by atoms with Gasteiger partial charge in [-0.3, -0.25) is 0 Å². The molecule has 3 unspecified atom stereocenters. The standard InChI is InChI=1S/C10H17Cl2N/c1-7-3-4-10(8(7)2)13-6-9(12)5-11/h5,7-8,10,13H,3-4,6H2,1-2H3. The molecule has 3 atom stereocenters. The quantitative estimate of drug-likeness (QED) is 0.772. The van der Waals surface area contributed by atoms with E-state index in [1.54, 1.807) is 0 Å². The third-order valence-corrected chi connectivity index (χ3v) is 3.73. The molecule has 0 amide bonds. The van der Waals surface area contributed by atoms with Gasteiger partial charge in [-0.2, -0.15) is 0 Å². The van der Waals surface area contributed by atoms with Crippen LogP contribution in [0.4, 0.5) is 0 Å². The van der Waals surface area contributed by atoms with Crippen LogP contribution in [0.5, 0.6) is 0 Å². The Morgan fingerprint density at radius 2 is 2.15 bits per heavy atom. The fraction of sp³-hybridized carbons (Fsp3) is 0.800. The number of nitrogens with one attached hydrogen (secondary N) is 1. The van der Waals surface area contributed by atoms with Gasteiger partial charge in [-0.15, -0.1) is 0 Å². The average Bonchev–Trinajstić information content (AvgIpc) is 2.44. The van der Waals surface area contributed by atoms with Gasteiger partial charge in [0.25, 0.3) is 0 Å². The molecule has 0 aromatic rings. The molecule has 1 saturated carbocycles. The first-order chi connectivity index (χ1) is 6.15. The van der Waals surface area contributed by atoms with E-state index in [4.69, 9.17) is 23.2 Å². The van der Waals surface area contributed by atoms with Crippen LogP contribution in [-0.2, 0) is 0 Å². The number of halogens is 2. The minimum Gasteiger partial charge on any atom is -0.309 e. The molecule has 1 N–H and O–H groups in total. The van der Waals surface area contributed by atoms with Gasteiger partial charge in [0, 0.05) is 23.2 Å². The van der Waals surface area contributed by atoms with Crippen LogP contribution in [0.15, 0.2) is 10.6 Å². The minimum absolute atomic E-state index is 0.611. The van der Waals surface area contributed by atoms with Crippen molar-refractivity contribution < 1.29 is 0 Å². The van der Waals surface area contributed by atoms with Crippen molar-refractivity contribution in [3.63, 3.8) is 0 Å². The number of rotatable bonds is 3. The van der Waals surface area contributed by atoms with E-state index < -0.39 is 0 Å². The third kappa shape index (κ3) is 3.16. The first kappa shape index (κ1) is 11.4. The van der Waals surface area contributed by atoms with Crippen molar-refractivity contribution in [3.05, 3.63) is 10.6 Å². The van der Waals surface area contributed by atoms with E-state index in [1.807, 2.05) is 0 Å². The zero-order valence-electron chi connectivity index (χ0n) is 8.19. The van der Waals surface area contributed by atoms with E-state index in [9.17, 15) is 0 Å². The summed E-state index contributed by atoms with van der Waals surface area (Å²) >= 11 is 11.3. The van der Waals surface area contributed by atoms with Crippen LogP contribution in [0.3, 0.4) is 0 Å². The Balaban J connectivity index is 2.30. The number of hydrogen-bond acceptors (Lipinski definition) is 1. The molecule has 1 aliphatic rings. The van der Waals surface area contributed by atoms with Gasteiger partial charge in [0.05, 0.1) is 0 Å². The van der Waals surface area contributed by atoms with Crippen molar-refractivity contribution in [3.8, 4) is 0 Å². The second-order valence-corrected chi connectivity index (χ2v) is 4.66. The van der Waals surface area contributed by atoms with Crippen molar-refractivity contribution in [1.82, 2.24) is 5.32 Å². The maximum absolute atomic E-state index is 5.79. The van der Waals surface area contributed by atoms with Crippen LogP contribution in [0, 0.1) is 11.8 Å². The molecule has 0 bridgehead atoms.